The molecule has 0 saturated heterocycles. The van der Waals surface area contributed by atoms with Crippen LogP contribution in [0.4, 0.5) is 5.69 Å². The van der Waals surface area contributed by atoms with E-state index in [-0.39, 0.29) is 11.2 Å². The molecule has 0 aliphatic carbocycles. The van der Waals surface area contributed by atoms with E-state index in [1.807, 2.05) is 0 Å². The summed E-state index contributed by atoms with van der Waals surface area (Å²) in [5.74, 6) is 0.637. The van der Waals surface area contributed by atoms with Crippen LogP contribution in [0.15, 0.2) is 22.7 Å². The van der Waals surface area contributed by atoms with Crippen molar-refractivity contribution in [3.05, 3.63) is 38.7 Å². The van der Waals surface area contributed by atoms with Crippen molar-refractivity contribution < 1.29 is 4.74 Å². The number of aryl methyl sites for hydroxylation is 1. The first-order valence-corrected chi connectivity index (χ1v) is 6.45. The Morgan fingerprint density at radius 1 is 1.28 bits per heavy atom. The first-order chi connectivity index (χ1) is 8.47. The summed E-state index contributed by atoms with van der Waals surface area (Å²) < 4.78 is 6.39. The minimum absolute atomic E-state index is 0.0740. The third-order valence-electron chi connectivity index (χ3n) is 2.17. The summed E-state index contributed by atoms with van der Waals surface area (Å²) in [6.07, 6.45) is 0. The van der Waals surface area contributed by atoms with E-state index in [2.05, 4.69) is 25.9 Å². The number of hydrogen-bond acceptors (Lipinski definition) is 4. The molecule has 2 aromatic rings. The van der Waals surface area contributed by atoms with Gasteiger partial charge in [0.25, 0.3) is 0 Å². The van der Waals surface area contributed by atoms with Gasteiger partial charge in [0.2, 0.25) is 11.2 Å². The highest BCUT2D eigenvalue weighted by atomic mass is 79.9. The molecule has 0 atom stereocenters. The number of benzene rings is 1. The Labute approximate surface area is 122 Å². The molecule has 1 aromatic heterocycles. The standard InChI is InChI=1S/C11H8BrCl2N3O/c1-5-9(15)10(17-11(14)16-5)18-8-3-2-6(12)4-7(8)13/h2-4H,15H2,1H3. The van der Waals surface area contributed by atoms with Gasteiger partial charge in [-0.05, 0) is 36.7 Å². The van der Waals surface area contributed by atoms with E-state index in [1.54, 1.807) is 25.1 Å². The Bertz CT molecular complexity index is 607. The van der Waals surface area contributed by atoms with Crippen molar-refractivity contribution in [3.63, 3.8) is 0 Å². The van der Waals surface area contributed by atoms with Crippen molar-refractivity contribution in [1.29, 1.82) is 0 Å². The number of aromatic nitrogens is 2. The summed E-state index contributed by atoms with van der Waals surface area (Å²) >= 11 is 15.1. The lowest BCUT2D eigenvalue weighted by atomic mass is 10.3. The van der Waals surface area contributed by atoms with Gasteiger partial charge in [-0.1, -0.05) is 27.5 Å². The summed E-state index contributed by atoms with van der Waals surface area (Å²) in [6.45, 7) is 1.72. The fourth-order valence-electron chi connectivity index (χ4n) is 1.26. The molecule has 1 heterocycles. The van der Waals surface area contributed by atoms with Crippen molar-refractivity contribution in [2.24, 2.45) is 0 Å². The van der Waals surface area contributed by atoms with Crippen molar-refractivity contribution >= 4 is 44.8 Å². The van der Waals surface area contributed by atoms with Gasteiger partial charge in [0.1, 0.15) is 11.4 Å². The Hall–Kier alpha value is -1.04. The fraction of sp³-hybridized carbons (Fsp3) is 0.0909. The second kappa shape index (κ2) is 5.30. The lowest BCUT2D eigenvalue weighted by Crippen LogP contribution is -2.01. The Kier molecular flexibility index (Phi) is 3.94. The van der Waals surface area contributed by atoms with Crippen molar-refractivity contribution in [2.45, 2.75) is 6.92 Å². The van der Waals surface area contributed by atoms with E-state index in [4.69, 9.17) is 33.7 Å². The number of rotatable bonds is 2. The van der Waals surface area contributed by atoms with E-state index in [9.17, 15) is 0 Å². The third kappa shape index (κ3) is 2.85. The van der Waals surface area contributed by atoms with Crippen molar-refractivity contribution in [3.8, 4) is 11.6 Å². The predicted molar refractivity (Wildman–Crippen MR) is 75.4 cm³/mol. The van der Waals surface area contributed by atoms with Gasteiger partial charge in [0.05, 0.1) is 10.7 Å². The first kappa shape index (κ1) is 13.4. The van der Waals surface area contributed by atoms with Crippen LogP contribution in [0.2, 0.25) is 10.3 Å². The topological polar surface area (TPSA) is 61.0 Å². The number of anilines is 1. The van der Waals surface area contributed by atoms with Gasteiger partial charge < -0.3 is 10.5 Å². The van der Waals surface area contributed by atoms with Gasteiger partial charge in [-0.25, -0.2) is 4.98 Å². The average molecular weight is 349 g/mol. The molecule has 0 aliphatic heterocycles. The lowest BCUT2D eigenvalue weighted by molar-refractivity contribution is 0.464. The minimum Gasteiger partial charge on any atom is -0.435 e. The molecule has 0 amide bonds. The normalized spacial score (nSPS) is 10.4. The minimum atomic E-state index is 0.0740. The SMILES string of the molecule is Cc1nc(Cl)nc(Oc2ccc(Br)cc2Cl)c1N. The van der Waals surface area contributed by atoms with E-state index in [0.29, 0.717) is 22.2 Å². The molecule has 0 radical (unpaired) electrons. The van der Waals surface area contributed by atoms with Gasteiger partial charge in [0.15, 0.2) is 0 Å². The van der Waals surface area contributed by atoms with Crippen molar-refractivity contribution in [1.82, 2.24) is 9.97 Å². The molecular weight excluding hydrogens is 341 g/mol. The summed E-state index contributed by atoms with van der Waals surface area (Å²) in [7, 11) is 0. The Morgan fingerprint density at radius 3 is 2.67 bits per heavy atom. The second-order valence-corrected chi connectivity index (χ2v) is 5.13. The maximum absolute atomic E-state index is 6.04. The molecule has 1 aromatic carbocycles. The molecule has 4 nitrogen and oxygen atoms in total. The summed E-state index contributed by atoms with van der Waals surface area (Å²) in [5, 5.41) is 0.515. The molecule has 2 rings (SSSR count). The van der Waals surface area contributed by atoms with Crippen LogP contribution in [-0.2, 0) is 0 Å². The van der Waals surface area contributed by atoms with Crippen LogP contribution in [-0.4, -0.2) is 9.97 Å². The van der Waals surface area contributed by atoms with Crippen LogP contribution in [0, 0.1) is 6.92 Å². The molecule has 18 heavy (non-hydrogen) atoms. The Balaban J connectivity index is 2.40. The number of halogens is 3. The lowest BCUT2D eigenvalue weighted by Gasteiger charge is -2.10. The third-order valence-corrected chi connectivity index (χ3v) is 3.13. The van der Waals surface area contributed by atoms with E-state index in [1.165, 1.54) is 0 Å². The molecule has 0 bridgehead atoms. The highest BCUT2D eigenvalue weighted by Gasteiger charge is 2.12. The first-order valence-electron chi connectivity index (χ1n) is 4.90. The monoisotopic (exact) mass is 347 g/mol. The van der Waals surface area contributed by atoms with Crippen LogP contribution in [0.25, 0.3) is 0 Å². The molecule has 7 heteroatoms. The number of nitrogens with two attached hydrogens (primary N) is 1. The number of nitrogens with zero attached hydrogens (tertiary/aromatic N) is 2. The van der Waals surface area contributed by atoms with E-state index >= 15 is 0 Å². The molecule has 0 unspecified atom stereocenters. The molecule has 0 spiro atoms. The van der Waals surface area contributed by atoms with Gasteiger partial charge in [0, 0.05) is 4.47 Å². The van der Waals surface area contributed by atoms with Gasteiger partial charge >= 0.3 is 0 Å². The summed E-state index contributed by atoms with van der Waals surface area (Å²) in [4.78, 5) is 7.85. The molecule has 2 N–H and O–H groups in total. The molecular formula is C11H8BrCl2N3O. The van der Waals surface area contributed by atoms with E-state index < -0.39 is 0 Å². The summed E-state index contributed by atoms with van der Waals surface area (Å²) in [5.41, 5.74) is 6.70. The van der Waals surface area contributed by atoms with Crippen molar-refractivity contribution in [2.75, 3.05) is 5.73 Å². The van der Waals surface area contributed by atoms with E-state index in [0.717, 1.165) is 4.47 Å². The Morgan fingerprint density at radius 2 is 2.00 bits per heavy atom. The maximum atomic E-state index is 6.04. The zero-order valence-electron chi connectivity index (χ0n) is 9.25. The molecule has 0 saturated carbocycles. The van der Waals surface area contributed by atoms with Crippen LogP contribution in [0.1, 0.15) is 5.69 Å². The molecule has 0 fully saturated rings. The quantitative estimate of drug-likeness (QED) is 0.825. The van der Waals surface area contributed by atoms with Crippen LogP contribution < -0.4 is 10.5 Å². The number of nitrogen functional groups attached to an aromatic ring is 1. The predicted octanol–water partition coefficient (Wildman–Crippen LogP) is 4.23. The highest BCUT2D eigenvalue weighted by molar-refractivity contribution is 9.10. The van der Waals surface area contributed by atoms with Gasteiger partial charge in [-0.2, -0.15) is 4.98 Å². The zero-order valence-corrected chi connectivity index (χ0v) is 12.3. The largest absolute Gasteiger partial charge is 0.435 e. The average Bonchev–Trinajstić information content (AvgIpc) is 2.29. The van der Waals surface area contributed by atoms with Gasteiger partial charge in [-0.3, -0.25) is 0 Å². The van der Waals surface area contributed by atoms with Crippen LogP contribution in [0.3, 0.4) is 0 Å². The smallest absolute Gasteiger partial charge is 0.247 e. The maximum Gasteiger partial charge on any atom is 0.247 e. The van der Waals surface area contributed by atoms with Gasteiger partial charge in [-0.15, -0.1) is 0 Å². The molecule has 94 valence electrons. The summed E-state index contributed by atoms with van der Waals surface area (Å²) in [6, 6.07) is 5.22. The highest BCUT2D eigenvalue weighted by Crippen LogP contribution is 2.34. The zero-order chi connectivity index (χ0) is 13.3. The second-order valence-electron chi connectivity index (χ2n) is 3.47. The number of ether oxygens (including phenoxy) is 1. The van der Waals surface area contributed by atoms with Crippen LogP contribution in [0.5, 0.6) is 11.6 Å². The molecule has 0 aliphatic rings. The number of hydrogen-bond donors (Lipinski definition) is 1. The van der Waals surface area contributed by atoms with Crippen LogP contribution >= 0.6 is 39.1 Å². The fourth-order valence-corrected chi connectivity index (χ4v) is 2.18.